The van der Waals surface area contributed by atoms with Crippen LogP contribution >= 0.6 is 0 Å². The van der Waals surface area contributed by atoms with Crippen molar-refractivity contribution in [1.82, 2.24) is 9.38 Å². The number of aryl methyl sites for hydroxylation is 1. The summed E-state index contributed by atoms with van der Waals surface area (Å²) in [5.41, 5.74) is 4.98. The summed E-state index contributed by atoms with van der Waals surface area (Å²) >= 11 is 0. The Hall–Kier alpha value is -3.60. The second-order valence-corrected chi connectivity index (χ2v) is 6.33. The molecule has 2 heterocycles. The molecule has 0 unspecified atom stereocenters. The molecule has 2 aromatic heterocycles. The van der Waals surface area contributed by atoms with Gasteiger partial charge in [0, 0.05) is 23.5 Å². The Balaban J connectivity index is 1.70. The third kappa shape index (κ3) is 3.40. The number of hydrogen-bond donors (Lipinski definition) is 1. The molecule has 5 nitrogen and oxygen atoms in total. The van der Waals surface area contributed by atoms with Crippen molar-refractivity contribution >= 4 is 17.2 Å². The summed E-state index contributed by atoms with van der Waals surface area (Å²) in [6.07, 6.45) is 3.96. The topological polar surface area (TPSA) is 55.6 Å². The monoisotopic (exact) mass is 357 g/mol. The molecule has 0 fully saturated rings. The summed E-state index contributed by atoms with van der Waals surface area (Å²) in [7, 11) is 1.58. The van der Waals surface area contributed by atoms with Crippen LogP contribution in [0.4, 0.5) is 5.69 Å². The van der Waals surface area contributed by atoms with Gasteiger partial charge in [-0.25, -0.2) is 4.98 Å². The smallest absolute Gasteiger partial charge is 0.255 e. The van der Waals surface area contributed by atoms with Gasteiger partial charge in [0.25, 0.3) is 5.91 Å². The van der Waals surface area contributed by atoms with Crippen molar-refractivity contribution in [2.75, 3.05) is 12.4 Å². The highest BCUT2D eigenvalue weighted by molar-refractivity contribution is 6.05. The molecule has 0 saturated carbocycles. The quantitative estimate of drug-likeness (QED) is 0.582. The van der Waals surface area contributed by atoms with Crippen LogP contribution in [-0.2, 0) is 0 Å². The van der Waals surface area contributed by atoms with Crippen LogP contribution in [0.15, 0.2) is 73.1 Å². The number of fused-ring (bicyclic) bond motifs is 1. The summed E-state index contributed by atoms with van der Waals surface area (Å²) in [5, 5.41) is 2.93. The number of imidazole rings is 1. The molecular formula is C22H19N3O2. The van der Waals surface area contributed by atoms with Crippen LogP contribution in [0.3, 0.4) is 0 Å². The fraction of sp³-hybridized carbons (Fsp3) is 0.0909. The van der Waals surface area contributed by atoms with Gasteiger partial charge in [-0.2, -0.15) is 0 Å². The molecule has 0 bridgehead atoms. The van der Waals surface area contributed by atoms with Crippen LogP contribution in [0.1, 0.15) is 15.9 Å². The van der Waals surface area contributed by atoms with E-state index < -0.39 is 0 Å². The van der Waals surface area contributed by atoms with E-state index in [9.17, 15) is 4.79 Å². The Morgan fingerprint density at radius 3 is 2.67 bits per heavy atom. The van der Waals surface area contributed by atoms with Gasteiger partial charge in [-0.1, -0.05) is 18.2 Å². The number of methoxy groups -OCH3 is 1. The molecule has 0 atom stereocenters. The van der Waals surface area contributed by atoms with Gasteiger partial charge in [-0.3, -0.25) is 4.79 Å². The zero-order valence-corrected chi connectivity index (χ0v) is 15.1. The minimum atomic E-state index is -0.184. The second kappa shape index (κ2) is 6.96. The summed E-state index contributed by atoms with van der Waals surface area (Å²) < 4.78 is 7.39. The first-order chi connectivity index (χ1) is 13.1. The average molecular weight is 357 g/mol. The number of benzene rings is 2. The Kier molecular flexibility index (Phi) is 4.34. The predicted molar refractivity (Wildman–Crippen MR) is 106 cm³/mol. The van der Waals surface area contributed by atoms with E-state index in [2.05, 4.69) is 10.3 Å². The average Bonchev–Trinajstić information content (AvgIpc) is 3.11. The van der Waals surface area contributed by atoms with Gasteiger partial charge in [-0.05, 0) is 55.0 Å². The number of carbonyl (C=O) groups is 1. The molecule has 5 heteroatoms. The Labute approximate surface area is 157 Å². The maximum Gasteiger partial charge on any atom is 0.255 e. The number of aromatic nitrogens is 2. The fourth-order valence-electron chi connectivity index (χ4n) is 2.97. The van der Waals surface area contributed by atoms with Crippen LogP contribution in [-0.4, -0.2) is 22.4 Å². The molecule has 2 aromatic carbocycles. The third-order valence-electron chi connectivity index (χ3n) is 4.40. The fourth-order valence-corrected chi connectivity index (χ4v) is 2.97. The largest absolute Gasteiger partial charge is 0.495 e. The number of ether oxygens (including phenoxy) is 1. The summed E-state index contributed by atoms with van der Waals surface area (Å²) in [6.45, 7) is 2.04. The molecule has 0 saturated heterocycles. The number of nitrogens with one attached hydrogen (secondary N) is 1. The lowest BCUT2D eigenvalue weighted by molar-refractivity contribution is 0.102. The van der Waals surface area contributed by atoms with Crippen molar-refractivity contribution in [3.05, 3.63) is 84.2 Å². The lowest BCUT2D eigenvalue weighted by Gasteiger charge is -2.11. The molecule has 1 N–H and O–H groups in total. The molecule has 0 spiro atoms. The van der Waals surface area contributed by atoms with Crippen molar-refractivity contribution in [2.24, 2.45) is 0 Å². The lowest BCUT2D eigenvalue weighted by Crippen LogP contribution is -2.12. The maximum absolute atomic E-state index is 12.5. The number of nitrogens with zero attached hydrogens (tertiary/aromatic N) is 2. The van der Waals surface area contributed by atoms with E-state index in [1.807, 2.05) is 72.2 Å². The van der Waals surface area contributed by atoms with E-state index in [-0.39, 0.29) is 5.91 Å². The highest BCUT2D eigenvalue weighted by atomic mass is 16.5. The van der Waals surface area contributed by atoms with Gasteiger partial charge in [0.15, 0.2) is 0 Å². The molecule has 0 aliphatic heterocycles. The number of amides is 1. The molecule has 134 valence electrons. The molecule has 4 aromatic rings. The van der Waals surface area contributed by atoms with Gasteiger partial charge in [0.05, 0.1) is 18.5 Å². The number of rotatable bonds is 4. The number of hydrogen-bond acceptors (Lipinski definition) is 3. The third-order valence-corrected chi connectivity index (χ3v) is 4.40. The lowest BCUT2D eigenvalue weighted by atomic mass is 10.1. The second-order valence-electron chi connectivity index (χ2n) is 6.33. The van der Waals surface area contributed by atoms with Crippen LogP contribution in [0, 0.1) is 6.92 Å². The van der Waals surface area contributed by atoms with E-state index in [0.29, 0.717) is 17.0 Å². The van der Waals surface area contributed by atoms with Crippen molar-refractivity contribution in [1.29, 1.82) is 0 Å². The first kappa shape index (κ1) is 16.8. The molecule has 0 radical (unpaired) electrons. The van der Waals surface area contributed by atoms with E-state index in [0.717, 1.165) is 22.5 Å². The molecule has 0 aliphatic rings. The minimum Gasteiger partial charge on any atom is -0.495 e. The van der Waals surface area contributed by atoms with Crippen molar-refractivity contribution in [2.45, 2.75) is 6.92 Å². The van der Waals surface area contributed by atoms with E-state index >= 15 is 0 Å². The van der Waals surface area contributed by atoms with Crippen molar-refractivity contribution < 1.29 is 9.53 Å². The van der Waals surface area contributed by atoms with Gasteiger partial charge in [0.1, 0.15) is 11.4 Å². The van der Waals surface area contributed by atoms with Crippen LogP contribution in [0.5, 0.6) is 5.75 Å². The van der Waals surface area contributed by atoms with Crippen LogP contribution < -0.4 is 10.1 Å². The predicted octanol–water partition coefficient (Wildman–Crippen LogP) is 4.57. The maximum atomic E-state index is 12.5. The summed E-state index contributed by atoms with van der Waals surface area (Å²) in [5.74, 6) is 0.416. The van der Waals surface area contributed by atoms with Gasteiger partial charge in [0.2, 0.25) is 0 Å². The Bertz CT molecular complexity index is 1120. The standard InChI is InChI=1S/C22H19N3O2/c1-15-10-11-25-14-19(23-21(25)12-15)17-8-9-20(27-2)18(13-17)24-22(26)16-6-4-3-5-7-16/h3-14H,1-2H3,(H,24,26). The Morgan fingerprint density at radius 1 is 1.07 bits per heavy atom. The summed E-state index contributed by atoms with van der Waals surface area (Å²) in [4.78, 5) is 17.2. The van der Waals surface area contributed by atoms with Gasteiger partial charge in [-0.15, -0.1) is 0 Å². The molecular weight excluding hydrogens is 338 g/mol. The van der Waals surface area contributed by atoms with Gasteiger partial charge >= 0.3 is 0 Å². The molecule has 27 heavy (non-hydrogen) atoms. The van der Waals surface area contributed by atoms with Crippen molar-refractivity contribution in [3.63, 3.8) is 0 Å². The van der Waals surface area contributed by atoms with E-state index in [1.54, 1.807) is 19.2 Å². The summed E-state index contributed by atoms with van der Waals surface area (Å²) in [6, 6.07) is 18.8. The highest BCUT2D eigenvalue weighted by Crippen LogP contribution is 2.31. The highest BCUT2D eigenvalue weighted by Gasteiger charge is 2.12. The normalized spacial score (nSPS) is 10.7. The Morgan fingerprint density at radius 2 is 1.89 bits per heavy atom. The molecule has 0 aliphatic carbocycles. The number of pyridine rings is 1. The van der Waals surface area contributed by atoms with Crippen LogP contribution in [0.2, 0.25) is 0 Å². The SMILES string of the molecule is COc1ccc(-c2cn3ccc(C)cc3n2)cc1NC(=O)c1ccccc1. The number of anilines is 1. The minimum absolute atomic E-state index is 0.184. The molecule has 1 amide bonds. The van der Waals surface area contributed by atoms with E-state index in [4.69, 9.17) is 4.74 Å². The number of carbonyl (C=O) groups excluding carboxylic acids is 1. The zero-order valence-electron chi connectivity index (χ0n) is 15.1. The van der Waals surface area contributed by atoms with Crippen LogP contribution in [0.25, 0.3) is 16.9 Å². The molecule has 4 rings (SSSR count). The van der Waals surface area contributed by atoms with Gasteiger partial charge < -0.3 is 14.5 Å². The first-order valence-corrected chi connectivity index (χ1v) is 8.64. The first-order valence-electron chi connectivity index (χ1n) is 8.64. The zero-order chi connectivity index (χ0) is 18.8. The van der Waals surface area contributed by atoms with E-state index in [1.165, 1.54) is 0 Å². The van der Waals surface area contributed by atoms with Crippen molar-refractivity contribution in [3.8, 4) is 17.0 Å².